The molecule has 0 aliphatic rings. The number of carbonyl (C=O) groups excluding carboxylic acids is 1. The van der Waals surface area contributed by atoms with Gasteiger partial charge in [0.1, 0.15) is 5.75 Å². The number of hydrogen-bond acceptors (Lipinski definition) is 3. The van der Waals surface area contributed by atoms with Gasteiger partial charge in [-0.05, 0) is 31.0 Å². The number of aryl methyl sites for hydroxylation is 1. The Morgan fingerprint density at radius 3 is 2.59 bits per heavy atom. The van der Waals surface area contributed by atoms with E-state index in [1.807, 2.05) is 32.0 Å². The number of hydrogen-bond donors (Lipinski definition) is 1. The molecule has 4 nitrogen and oxygen atoms in total. The highest BCUT2D eigenvalue weighted by Gasteiger charge is 2.08. The lowest BCUT2D eigenvalue weighted by Gasteiger charge is -2.14. The van der Waals surface area contributed by atoms with Gasteiger partial charge in [0.2, 0.25) is 0 Å². The molecule has 94 valence electrons. The average molecular weight is 236 g/mol. The fourth-order valence-electron chi connectivity index (χ4n) is 1.39. The van der Waals surface area contributed by atoms with Crippen molar-refractivity contribution < 1.29 is 9.53 Å². The third-order valence-electron chi connectivity index (χ3n) is 2.57. The number of nitrogens with zero attached hydrogens (tertiary/aromatic N) is 1. The second-order valence-corrected chi connectivity index (χ2v) is 4.39. The summed E-state index contributed by atoms with van der Waals surface area (Å²) in [5.74, 6) is 0.672. The summed E-state index contributed by atoms with van der Waals surface area (Å²) in [5.41, 5.74) is 7.85. The first-order chi connectivity index (χ1) is 7.91. The van der Waals surface area contributed by atoms with Crippen molar-refractivity contribution in [3.05, 3.63) is 29.3 Å². The molecule has 0 aliphatic heterocycles. The minimum Gasteiger partial charge on any atom is -0.484 e. The molecule has 1 amide bonds. The highest BCUT2D eigenvalue weighted by atomic mass is 16.5. The van der Waals surface area contributed by atoms with Crippen LogP contribution in [-0.2, 0) is 4.79 Å². The summed E-state index contributed by atoms with van der Waals surface area (Å²) >= 11 is 0. The van der Waals surface area contributed by atoms with Gasteiger partial charge in [0.15, 0.2) is 6.61 Å². The average Bonchev–Trinajstić information content (AvgIpc) is 2.26. The highest BCUT2D eigenvalue weighted by molar-refractivity contribution is 5.77. The number of ether oxygens (including phenoxy) is 1. The molecule has 0 fully saturated rings. The molecule has 0 saturated heterocycles. The second kappa shape index (κ2) is 5.68. The molecule has 0 aromatic heterocycles. The third-order valence-corrected chi connectivity index (χ3v) is 2.57. The normalized spacial score (nSPS) is 12.1. The standard InChI is InChI=1S/C13H20N2O2/c1-9-7-11(10(2)14)5-6-12(9)17-8-13(16)15(3)4/h5-7,10H,8,14H2,1-4H3. The molecule has 1 aromatic carbocycles. The summed E-state index contributed by atoms with van der Waals surface area (Å²) in [6.45, 7) is 3.94. The fourth-order valence-corrected chi connectivity index (χ4v) is 1.39. The predicted molar refractivity (Wildman–Crippen MR) is 68.0 cm³/mol. The largest absolute Gasteiger partial charge is 0.484 e. The molecule has 17 heavy (non-hydrogen) atoms. The lowest BCUT2D eigenvalue weighted by Crippen LogP contribution is -2.27. The Bertz CT molecular complexity index is 400. The Morgan fingerprint density at radius 1 is 1.47 bits per heavy atom. The maximum atomic E-state index is 11.4. The number of carbonyl (C=O) groups is 1. The van der Waals surface area contributed by atoms with Crippen molar-refractivity contribution in [2.75, 3.05) is 20.7 Å². The zero-order valence-electron chi connectivity index (χ0n) is 10.9. The molecule has 1 aromatic rings. The summed E-state index contributed by atoms with van der Waals surface area (Å²) in [6.07, 6.45) is 0. The van der Waals surface area contributed by atoms with E-state index in [9.17, 15) is 4.79 Å². The van der Waals surface area contributed by atoms with Crippen molar-refractivity contribution in [2.45, 2.75) is 19.9 Å². The van der Waals surface area contributed by atoms with E-state index in [0.717, 1.165) is 16.9 Å². The van der Waals surface area contributed by atoms with Gasteiger partial charge < -0.3 is 15.4 Å². The highest BCUT2D eigenvalue weighted by Crippen LogP contribution is 2.21. The van der Waals surface area contributed by atoms with E-state index in [1.165, 1.54) is 4.90 Å². The van der Waals surface area contributed by atoms with Gasteiger partial charge in [-0.3, -0.25) is 4.79 Å². The van der Waals surface area contributed by atoms with Crippen molar-refractivity contribution in [3.8, 4) is 5.75 Å². The molecular weight excluding hydrogens is 216 g/mol. The third kappa shape index (κ3) is 3.75. The van der Waals surface area contributed by atoms with Gasteiger partial charge in [-0.15, -0.1) is 0 Å². The molecule has 0 heterocycles. The summed E-state index contributed by atoms with van der Waals surface area (Å²) in [6, 6.07) is 5.77. The van der Waals surface area contributed by atoms with Crippen LogP contribution in [0, 0.1) is 6.92 Å². The second-order valence-electron chi connectivity index (χ2n) is 4.39. The Morgan fingerprint density at radius 2 is 2.12 bits per heavy atom. The molecule has 0 spiro atoms. The van der Waals surface area contributed by atoms with Gasteiger partial charge in [0.05, 0.1) is 0 Å². The Labute approximate surface area is 102 Å². The van der Waals surface area contributed by atoms with Crippen LogP contribution < -0.4 is 10.5 Å². The Balaban J connectivity index is 2.70. The molecule has 0 bridgehead atoms. The van der Waals surface area contributed by atoms with Crippen molar-refractivity contribution in [1.29, 1.82) is 0 Å². The number of nitrogens with two attached hydrogens (primary N) is 1. The van der Waals surface area contributed by atoms with Crippen LogP contribution in [0.2, 0.25) is 0 Å². The van der Waals surface area contributed by atoms with Crippen molar-refractivity contribution >= 4 is 5.91 Å². The van der Waals surface area contributed by atoms with Crippen molar-refractivity contribution in [1.82, 2.24) is 4.90 Å². The van der Waals surface area contributed by atoms with Crippen LogP contribution >= 0.6 is 0 Å². The van der Waals surface area contributed by atoms with Crippen molar-refractivity contribution in [2.24, 2.45) is 5.73 Å². The van der Waals surface area contributed by atoms with Crippen molar-refractivity contribution in [3.63, 3.8) is 0 Å². The van der Waals surface area contributed by atoms with E-state index < -0.39 is 0 Å². The lowest BCUT2D eigenvalue weighted by molar-refractivity contribution is -0.130. The Kier molecular flexibility index (Phi) is 4.52. The minimum absolute atomic E-state index is 0.00570. The molecule has 1 atom stereocenters. The van der Waals surface area contributed by atoms with E-state index in [0.29, 0.717) is 0 Å². The first-order valence-electron chi connectivity index (χ1n) is 5.61. The van der Waals surface area contributed by atoms with Crippen LogP contribution in [0.15, 0.2) is 18.2 Å². The maximum Gasteiger partial charge on any atom is 0.259 e. The zero-order valence-corrected chi connectivity index (χ0v) is 10.9. The molecule has 4 heteroatoms. The lowest BCUT2D eigenvalue weighted by atomic mass is 10.1. The molecule has 2 N–H and O–H groups in total. The predicted octanol–water partition coefficient (Wildman–Crippen LogP) is 1.48. The number of rotatable bonds is 4. The van der Waals surface area contributed by atoms with E-state index in [4.69, 9.17) is 10.5 Å². The molecular formula is C13H20N2O2. The maximum absolute atomic E-state index is 11.4. The zero-order chi connectivity index (χ0) is 13.0. The van der Waals surface area contributed by atoms with Gasteiger partial charge in [0, 0.05) is 20.1 Å². The minimum atomic E-state index is -0.0549. The van der Waals surface area contributed by atoms with Crippen LogP contribution in [0.25, 0.3) is 0 Å². The van der Waals surface area contributed by atoms with Gasteiger partial charge in [0.25, 0.3) is 5.91 Å². The van der Waals surface area contributed by atoms with Crippen LogP contribution in [0.5, 0.6) is 5.75 Å². The van der Waals surface area contributed by atoms with Crippen LogP contribution in [0.1, 0.15) is 24.1 Å². The van der Waals surface area contributed by atoms with Crippen LogP contribution in [0.4, 0.5) is 0 Å². The van der Waals surface area contributed by atoms with Gasteiger partial charge in [-0.1, -0.05) is 12.1 Å². The summed E-state index contributed by atoms with van der Waals surface area (Å²) < 4.78 is 5.46. The topological polar surface area (TPSA) is 55.6 Å². The number of benzene rings is 1. The summed E-state index contributed by atoms with van der Waals surface area (Å²) in [5, 5.41) is 0. The number of likely N-dealkylation sites (N-methyl/N-ethyl adjacent to an activating group) is 1. The van der Waals surface area contributed by atoms with E-state index >= 15 is 0 Å². The first-order valence-corrected chi connectivity index (χ1v) is 5.61. The monoisotopic (exact) mass is 236 g/mol. The quantitative estimate of drug-likeness (QED) is 0.861. The van der Waals surface area contributed by atoms with E-state index in [2.05, 4.69) is 0 Å². The first kappa shape index (κ1) is 13.5. The van der Waals surface area contributed by atoms with Crippen LogP contribution in [-0.4, -0.2) is 31.5 Å². The summed E-state index contributed by atoms with van der Waals surface area (Å²) in [7, 11) is 3.41. The molecule has 0 saturated carbocycles. The fraction of sp³-hybridized carbons (Fsp3) is 0.462. The molecule has 1 rings (SSSR count). The van der Waals surface area contributed by atoms with Gasteiger partial charge >= 0.3 is 0 Å². The van der Waals surface area contributed by atoms with Crippen LogP contribution in [0.3, 0.4) is 0 Å². The number of amides is 1. The Hall–Kier alpha value is -1.55. The smallest absolute Gasteiger partial charge is 0.259 e. The van der Waals surface area contributed by atoms with E-state index in [1.54, 1.807) is 14.1 Å². The molecule has 0 radical (unpaired) electrons. The van der Waals surface area contributed by atoms with E-state index in [-0.39, 0.29) is 18.6 Å². The molecule has 0 aliphatic carbocycles. The SMILES string of the molecule is Cc1cc(C(C)N)ccc1OCC(=O)N(C)C. The van der Waals surface area contributed by atoms with Gasteiger partial charge in [-0.25, -0.2) is 0 Å². The molecule has 1 unspecified atom stereocenters. The van der Waals surface area contributed by atoms with Gasteiger partial charge in [-0.2, -0.15) is 0 Å². The summed E-state index contributed by atoms with van der Waals surface area (Å²) in [4.78, 5) is 12.9.